The lowest BCUT2D eigenvalue weighted by molar-refractivity contribution is -0.686. The lowest BCUT2D eigenvalue weighted by Crippen LogP contribution is -3.00. The number of carboxylic acid groups (broad SMARTS) is 1. The molecule has 0 radical (unpaired) electrons. The number of nitrogens with zero attached hydrogens (tertiary/aromatic N) is 1. The van der Waals surface area contributed by atoms with E-state index in [1.54, 1.807) is 28.4 Å². The van der Waals surface area contributed by atoms with Crippen molar-refractivity contribution in [1.82, 2.24) is 0 Å². The van der Waals surface area contributed by atoms with Crippen molar-refractivity contribution in [2.75, 3.05) is 28.4 Å². The summed E-state index contributed by atoms with van der Waals surface area (Å²) in [6, 6.07) is 7.60. The average Bonchev–Trinajstić information content (AvgIpc) is 2.76. The van der Waals surface area contributed by atoms with Crippen LogP contribution in [-0.4, -0.2) is 39.5 Å². The van der Waals surface area contributed by atoms with Gasteiger partial charge in [-0.05, 0) is 29.8 Å². The molecule has 0 fully saturated rings. The van der Waals surface area contributed by atoms with Gasteiger partial charge in [-0.3, -0.25) is 4.79 Å². The summed E-state index contributed by atoms with van der Waals surface area (Å²) in [6.45, 7) is 0.709. The Labute approximate surface area is 186 Å². The largest absolute Gasteiger partial charge is 1.00 e. The first-order valence-corrected chi connectivity index (χ1v) is 9.59. The number of ether oxygens (including phenoxy) is 4. The number of hydrogen-bond acceptors (Lipinski definition) is 5. The van der Waals surface area contributed by atoms with Crippen LogP contribution in [0.4, 0.5) is 0 Å². The average molecular weight is 446 g/mol. The number of carboxylic acids is 1. The second kappa shape index (κ2) is 8.89. The van der Waals surface area contributed by atoms with E-state index in [4.69, 9.17) is 18.9 Å². The van der Waals surface area contributed by atoms with Gasteiger partial charge in [-0.15, -0.1) is 0 Å². The number of rotatable bonds is 6. The maximum absolute atomic E-state index is 11.8. The van der Waals surface area contributed by atoms with Crippen LogP contribution in [0.1, 0.15) is 11.1 Å². The Morgan fingerprint density at radius 2 is 1.65 bits per heavy atom. The number of carbonyl (C=O) groups is 1. The second-order valence-corrected chi connectivity index (χ2v) is 7.10. The molecule has 4 rings (SSSR count). The molecule has 8 heteroatoms. The molecule has 7 nitrogen and oxygen atoms in total. The third-order valence-corrected chi connectivity index (χ3v) is 5.58. The van der Waals surface area contributed by atoms with Crippen molar-refractivity contribution in [3.05, 3.63) is 41.6 Å². The summed E-state index contributed by atoms with van der Waals surface area (Å²) in [4.78, 5) is 11.8. The van der Waals surface area contributed by atoms with Crippen LogP contribution in [0.15, 0.2) is 30.5 Å². The Balaban J connectivity index is 0.00000272. The molecule has 1 aliphatic heterocycles. The Kier molecular flexibility index (Phi) is 6.45. The van der Waals surface area contributed by atoms with Gasteiger partial charge in [-0.1, -0.05) is 0 Å². The van der Waals surface area contributed by atoms with E-state index >= 15 is 0 Å². The van der Waals surface area contributed by atoms with Gasteiger partial charge in [0.1, 0.15) is 0 Å². The zero-order valence-electron chi connectivity index (χ0n) is 17.8. The Hall–Kier alpha value is -3.19. The monoisotopic (exact) mass is 445 g/mol. The van der Waals surface area contributed by atoms with Gasteiger partial charge in [0.05, 0.1) is 45.8 Å². The number of aromatic nitrogens is 1. The minimum Gasteiger partial charge on any atom is -1.00 e. The molecule has 0 atom stereocenters. The number of aliphatic carboxylic acids is 1. The molecule has 1 aromatic heterocycles. The van der Waals surface area contributed by atoms with Crippen LogP contribution in [0.2, 0.25) is 0 Å². The van der Waals surface area contributed by atoms with E-state index in [0.29, 0.717) is 29.5 Å². The quantitative estimate of drug-likeness (QED) is 0.539. The minimum absolute atomic E-state index is 0. The van der Waals surface area contributed by atoms with Gasteiger partial charge in [0, 0.05) is 17.4 Å². The number of aryl methyl sites for hydroxylation is 2. The van der Waals surface area contributed by atoms with E-state index in [-0.39, 0.29) is 18.8 Å². The van der Waals surface area contributed by atoms with Gasteiger partial charge in [0.2, 0.25) is 5.69 Å². The number of methoxy groups -OCH3 is 4. The van der Waals surface area contributed by atoms with Crippen LogP contribution in [0, 0.1) is 0 Å². The molecule has 0 unspecified atom stereocenters. The van der Waals surface area contributed by atoms with Gasteiger partial charge >= 0.3 is 5.97 Å². The van der Waals surface area contributed by atoms with Crippen molar-refractivity contribution in [3.63, 3.8) is 0 Å². The van der Waals surface area contributed by atoms with Crippen LogP contribution in [-0.2, 0) is 24.2 Å². The maximum Gasteiger partial charge on any atom is 0.308 e. The van der Waals surface area contributed by atoms with Crippen LogP contribution >= 0.6 is 0 Å². The SMILES string of the molecule is COc1cc2c(cc1OC)-c1c(CC(=O)O)c3ccc(OC)c(OC)c3c[n+]1CC2.[Cl-]. The molecule has 2 heterocycles. The second-order valence-electron chi connectivity index (χ2n) is 7.10. The summed E-state index contributed by atoms with van der Waals surface area (Å²) in [7, 11) is 6.38. The van der Waals surface area contributed by atoms with Gasteiger partial charge in [0.25, 0.3) is 0 Å². The van der Waals surface area contributed by atoms with E-state index in [9.17, 15) is 9.90 Å². The minimum atomic E-state index is -0.896. The smallest absolute Gasteiger partial charge is 0.308 e. The highest BCUT2D eigenvalue weighted by molar-refractivity contribution is 5.97. The number of fused-ring (bicyclic) bond motifs is 4. The molecule has 0 amide bonds. The zero-order valence-corrected chi connectivity index (χ0v) is 18.6. The molecule has 0 bridgehead atoms. The molecule has 164 valence electrons. The highest BCUT2D eigenvalue weighted by atomic mass is 35.5. The summed E-state index contributed by atoms with van der Waals surface area (Å²) in [5, 5.41) is 11.3. The molecular formula is C23H24ClNO6. The van der Waals surface area contributed by atoms with Crippen molar-refractivity contribution in [3.8, 4) is 34.3 Å². The lowest BCUT2D eigenvalue weighted by Gasteiger charge is -2.21. The molecule has 1 aliphatic rings. The highest BCUT2D eigenvalue weighted by Gasteiger charge is 2.32. The summed E-state index contributed by atoms with van der Waals surface area (Å²) in [5.41, 5.74) is 3.65. The first kappa shape index (κ1) is 22.5. The topological polar surface area (TPSA) is 78.1 Å². The Morgan fingerprint density at radius 1 is 0.968 bits per heavy atom. The first-order valence-electron chi connectivity index (χ1n) is 9.59. The molecule has 31 heavy (non-hydrogen) atoms. The predicted molar refractivity (Wildman–Crippen MR) is 111 cm³/mol. The van der Waals surface area contributed by atoms with Crippen LogP contribution in [0.25, 0.3) is 22.0 Å². The van der Waals surface area contributed by atoms with Crippen molar-refractivity contribution < 1.29 is 45.8 Å². The van der Waals surface area contributed by atoms with E-state index in [2.05, 4.69) is 4.57 Å². The maximum atomic E-state index is 11.8. The van der Waals surface area contributed by atoms with E-state index in [1.165, 1.54) is 0 Å². The van der Waals surface area contributed by atoms with Crippen molar-refractivity contribution in [1.29, 1.82) is 0 Å². The number of halogens is 1. The zero-order chi connectivity index (χ0) is 21.4. The molecule has 0 saturated heterocycles. The van der Waals surface area contributed by atoms with Crippen molar-refractivity contribution in [2.45, 2.75) is 19.4 Å². The lowest BCUT2D eigenvalue weighted by atomic mass is 9.90. The number of benzene rings is 2. The van der Waals surface area contributed by atoms with Gasteiger partial charge in [0.15, 0.2) is 35.7 Å². The van der Waals surface area contributed by atoms with Gasteiger partial charge < -0.3 is 36.5 Å². The molecule has 0 spiro atoms. The summed E-state index contributed by atoms with van der Waals surface area (Å²) < 4.78 is 24.1. The standard InChI is InChI=1S/C23H23NO6.ClH/c1-27-18-6-5-14-16(11-21(25)26)22-15-10-20(29-3)19(28-2)9-13(15)7-8-24(22)12-17(14)23(18)30-4;/h5-6,9-10,12H,7-8,11H2,1-4H3;1H. The van der Waals surface area contributed by atoms with E-state index < -0.39 is 5.97 Å². The fraction of sp³-hybridized carbons (Fsp3) is 0.304. The molecular weight excluding hydrogens is 422 g/mol. The molecule has 2 aromatic carbocycles. The first-order chi connectivity index (χ1) is 14.5. The normalized spacial score (nSPS) is 11.7. The number of pyridine rings is 1. The van der Waals surface area contributed by atoms with E-state index in [0.717, 1.165) is 39.6 Å². The summed E-state index contributed by atoms with van der Waals surface area (Å²) in [5.74, 6) is 1.58. The number of hydrogen-bond donors (Lipinski definition) is 1. The van der Waals surface area contributed by atoms with Crippen molar-refractivity contribution >= 4 is 16.7 Å². The summed E-state index contributed by atoms with van der Waals surface area (Å²) in [6.07, 6.45) is 2.69. The molecule has 3 aromatic rings. The van der Waals surface area contributed by atoms with Gasteiger partial charge in [-0.25, -0.2) is 0 Å². The predicted octanol–water partition coefficient (Wildman–Crippen LogP) is 0.0159. The third-order valence-electron chi connectivity index (χ3n) is 5.58. The highest BCUT2D eigenvalue weighted by Crippen LogP contribution is 2.42. The fourth-order valence-corrected chi connectivity index (χ4v) is 4.28. The van der Waals surface area contributed by atoms with Crippen LogP contribution < -0.4 is 35.9 Å². The fourth-order valence-electron chi connectivity index (χ4n) is 4.28. The molecule has 0 saturated carbocycles. The molecule has 1 N–H and O–H groups in total. The van der Waals surface area contributed by atoms with Crippen LogP contribution in [0.5, 0.6) is 23.0 Å². The third kappa shape index (κ3) is 3.70. The van der Waals surface area contributed by atoms with Crippen LogP contribution in [0.3, 0.4) is 0 Å². The summed E-state index contributed by atoms with van der Waals surface area (Å²) >= 11 is 0. The Bertz CT molecular complexity index is 1160. The van der Waals surface area contributed by atoms with Crippen molar-refractivity contribution in [2.24, 2.45) is 0 Å². The van der Waals surface area contributed by atoms with Gasteiger partial charge in [-0.2, -0.15) is 4.57 Å². The van der Waals surface area contributed by atoms with E-state index in [1.807, 2.05) is 30.5 Å². The Morgan fingerprint density at radius 3 is 2.26 bits per heavy atom. The molecule has 0 aliphatic carbocycles.